The second-order valence-electron chi connectivity index (χ2n) is 13.0. The minimum atomic E-state index is -1.06. The summed E-state index contributed by atoms with van der Waals surface area (Å²) in [4.78, 5) is 30.6. The normalized spacial score (nSPS) is 12.8. The minimum absolute atomic E-state index is 0.00445. The van der Waals surface area contributed by atoms with E-state index >= 15 is 0 Å². The van der Waals surface area contributed by atoms with Crippen molar-refractivity contribution in [2.45, 2.75) is 57.2 Å². The van der Waals surface area contributed by atoms with Gasteiger partial charge in [0.15, 0.2) is 23.0 Å². The summed E-state index contributed by atoms with van der Waals surface area (Å²) in [7, 11) is 0. The van der Waals surface area contributed by atoms with Crippen LogP contribution in [0.3, 0.4) is 0 Å². The van der Waals surface area contributed by atoms with Gasteiger partial charge in [0.05, 0.1) is 6.42 Å². The van der Waals surface area contributed by atoms with Crippen LogP contribution < -0.4 is 15.6 Å². The number of aliphatic hydroxyl groups excluding tert-OH is 1. The van der Waals surface area contributed by atoms with Crippen molar-refractivity contribution >= 4 is 17.7 Å². The first-order valence-corrected chi connectivity index (χ1v) is 17.1. The lowest BCUT2D eigenvalue weighted by atomic mass is 9.76. The van der Waals surface area contributed by atoms with E-state index in [1.807, 2.05) is 98.8 Å². The van der Waals surface area contributed by atoms with Crippen molar-refractivity contribution in [2.75, 3.05) is 0 Å². The van der Waals surface area contributed by atoms with Crippen molar-refractivity contribution in [3.8, 4) is 23.0 Å². The molecule has 2 amide bonds. The zero-order chi connectivity index (χ0) is 37.3. The number of amides is 2. The zero-order valence-electron chi connectivity index (χ0n) is 29.1. The van der Waals surface area contributed by atoms with E-state index < -0.39 is 17.5 Å². The fraction of sp³-hybridized carbons (Fsp3) is 0.214. The Balaban J connectivity index is 1.42. The standard InChI is InChI=1S/C42H43N3O7/c1-27-13-17-33(18-14-27)42(31-9-5-3-6-10-31,32-11-7-4-8-12-32)45-39(50)22-19-34(41(52)43-26-29-15-20-35(46)37(48)24-29)44-40(51)23-28(2)30-16-21-36(47)38(49)25-30/h3-18,20-21,24-25,28,34,46-49H,19,22-23,26H2,1-2H3,(H,43,52)(H,44,51)(H,45,50)/p+1/t28?,34-/m0/s1. The fourth-order valence-corrected chi connectivity index (χ4v) is 6.22. The lowest BCUT2D eigenvalue weighted by Crippen LogP contribution is -2.83. The van der Waals surface area contributed by atoms with Crippen LogP contribution in [0.1, 0.15) is 65.5 Å². The molecule has 10 heteroatoms. The summed E-state index contributed by atoms with van der Waals surface area (Å²) in [5.41, 5.74) is 3.76. The van der Waals surface area contributed by atoms with E-state index in [2.05, 4.69) is 15.6 Å². The number of nitrogens with one attached hydrogen (secondary N) is 3. The van der Waals surface area contributed by atoms with Gasteiger partial charge in [0.25, 0.3) is 5.91 Å². The Morgan fingerprint density at radius 3 is 1.85 bits per heavy atom. The van der Waals surface area contributed by atoms with Crippen LogP contribution in [0.25, 0.3) is 0 Å². The molecule has 2 atom stereocenters. The van der Waals surface area contributed by atoms with Crippen molar-refractivity contribution in [2.24, 2.45) is 0 Å². The molecule has 0 fully saturated rings. The van der Waals surface area contributed by atoms with Crippen LogP contribution in [-0.2, 0) is 21.7 Å². The van der Waals surface area contributed by atoms with Crippen LogP contribution in [0, 0.1) is 6.92 Å². The number of aromatic hydroxyl groups is 4. The molecule has 0 aliphatic rings. The maximum atomic E-state index is 14.1. The molecule has 0 aromatic heterocycles. The molecule has 0 saturated carbocycles. The van der Waals surface area contributed by atoms with Crippen LogP contribution in [0.2, 0.25) is 0 Å². The summed E-state index contributed by atoms with van der Waals surface area (Å²) in [6.45, 7) is 3.83. The van der Waals surface area contributed by atoms with E-state index in [4.69, 9.17) is 0 Å². The lowest BCUT2D eigenvalue weighted by Gasteiger charge is -2.37. The number of hydrogen-bond acceptors (Lipinski definition) is 6. The first-order valence-electron chi connectivity index (χ1n) is 17.1. The predicted molar refractivity (Wildman–Crippen MR) is 198 cm³/mol. The van der Waals surface area contributed by atoms with Crippen molar-refractivity contribution < 1.29 is 40.1 Å². The Kier molecular flexibility index (Phi) is 11.8. The molecular formula is C42H44N3O7+. The summed E-state index contributed by atoms with van der Waals surface area (Å²) < 4.78 is 0. The number of hydrogen-bond donors (Lipinski definition) is 8. The third-order valence-corrected chi connectivity index (χ3v) is 9.12. The molecule has 0 bridgehead atoms. The summed E-state index contributed by atoms with van der Waals surface area (Å²) >= 11 is 0. The molecule has 0 spiro atoms. The third kappa shape index (κ3) is 8.89. The first kappa shape index (κ1) is 37.0. The van der Waals surface area contributed by atoms with Crippen molar-refractivity contribution in [3.63, 3.8) is 0 Å². The second-order valence-corrected chi connectivity index (χ2v) is 13.0. The zero-order valence-corrected chi connectivity index (χ0v) is 29.1. The molecule has 8 N–H and O–H groups in total. The van der Waals surface area contributed by atoms with Crippen LogP contribution in [-0.4, -0.2) is 49.3 Å². The largest absolute Gasteiger partial charge is 0.504 e. The van der Waals surface area contributed by atoms with Gasteiger partial charge < -0.3 is 36.2 Å². The highest BCUT2D eigenvalue weighted by molar-refractivity contribution is 5.83. The van der Waals surface area contributed by atoms with E-state index in [1.165, 1.54) is 24.3 Å². The number of phenolic OH excluding ortho intramolecular Hbond substituents is 4. The maximum Gasteiger partial charge on any atom is 0.333 e. The third-order valence-electron chi connectivity index (χ3n) is 9.12. The van der Waals surface area contributed by atoms with Gasteiger partial charge in [-0.15, -0.1) is 0 Å². The smallest absolute Gasteiger partial charge is 0.333 e. The highest BCUT2D eigenvalue weighted by Crippen LogP contribution is 2.37. The maximum absolute atomic E-state index is 14.1. The fourth-order valence-electron chi connectivity index (χ4n) is 6.22. The quantitative estimate of drug-likeness (QED) is 0.0351. The van der Waals surface area contributed by atoms with Crippen molar-refractivity contribution in [1.29, 1.82) is 0 Å². The van der Waals surface area contributed by atoms with Crippen LogP contribution in [0.5, 0.6) is 23.0 Å². The van der Waals surface area contributed by atoms with E-state index in [1.54, 1.807) is 12.1 Å². The number of phenols is 4. The van der Waals surface area contributed by atoms with Crippen LogP contribution in [0.15, 0.2) is 121 Å². The van der Waals surface area contributed by atoms with Crippen LogP contribution >= 0.6 is 0 Å². The monoisotopic (exact) mass is 702 g/mol. The molecule has 268 valence electrons. The minimum Gasteiger partial charge on any atom is -0.504 e. The van der Waals surface area contributed by atoms with E-state index in [0.29, 0.717) is 11.1 Å². The van der Waals surface area contributed by atoms with Gasteiger partial charge >= 0.3 is 5.90 Å². The Bertz CT molecular complexity index is 1980. The highest BCUT2D eigenvalue weighted by Gasteiger charge is 2.38. The molecule has 5 aromatic carbocycles. The van der Waals surface area contributed by atoms with Crippen molar-refractivity contribution in [1.82, 2.24) is 10.6 Å². The Morgan fingerprint density at radius 2 is 1.27 bits per heavy atom. The average Bonchev–Trinajstić information content (AvgIpc) is 3.14. The Hall–Kier alpha value is -6.29. The van der Waals surface area contributed by atoms with Gasteiger partial charge in [0, 0.05) is 19.4 Å². The molecule has 0 saturated heterocycles. The van der Waals surface area contributed by atoms with E-state index in [0.717, 1.165) is 22.3 Å². The van der Waals surface area contributed by atoms with Gasteiger partial charge in [-0.2, -0.15) is 0 Å². The summed E-state index contributed by atoms with van der Waals surface area (Å²) in [6.07, 6.45) is -0.0118. The second kappa shape index (κ2) is 16.6. The van der Waals surface area contributed by atoms with Gasteiger partial charge in [0.1, 0.15) is 5.54 Å². The first-order chi connectivity index (χ1) is 25.0. The molecule has 0 heterocycles. The molecular weight excluding hydrogens is 658 g/mol. The molecule has 10 nitrogen and oxygen atoms in total. The summed E-state index contributed by atoms with van der Waals surface area (Å²) in [5, 5.41) is 56.4. The number of benzene rings is 5. The number of rotatable bonds is 14. The lowest BCUT2D eigenvalue weighted by molar-refractivity contribution is -0.498. The molecule has 0 radical (unpaired) electrons. The van der Waals surface area contributed by atoms with Gasteiger partial charge in [-0.05, 0) is 64.9 Å². The van der Waals surface area contributed by atoms with E-state index in [-0.39, 0.29) is 66.5 Å². The molecule has 1 unspecified atom stereocenters. The average molecular weight is 703 g/mol. The van der Waals surface area contributed by atoms with Crippen LogP contribution in [0.4, 0.5) is 0 Å². The molecule has 0 aliphatic heterocycles. The topological polar surface area (TPSA) is 173 Å². The van der Waals surface area contributed by atoms with Gasteiger partial charge in [-0.25, -0.2) is 4.99 Å². The molecule has 0 aliphatic carbocycles. The van der Waals surface area contributed by atoms with E-state index in [9.17, 15) is 35.1 Å². The van der Waals surface area contributed by atoms with Gasteiger partial charge in [-0.1, -0.05) is 110 Å². The summed E-state index contributed by atoms with van der Waals surface area (Å²) in [6, 6.07) is 34.9. The predicted octanol–water partition coefficient (Wildman–Crippen LogP) is 4.92. The summed E-state index contributed by atoms with van der Waals surface area (Å²) in [5.74, 6) is -2.50. The van der Waals surface area contributed by atoms with Crippen molar-refractivity contribution in [3.05, 3.63) is 155 Å². The highest BCUT2D eigenvalue weighted by atomic mass is 16.3. The molecule has 5 aromatic rings. The number of aliphatic hydroxyl groups is 1. The van der Waals surface area contributed by atoms with Gasteiger partial charge in [-0.3, -0.25) is 9.59 Å². The molecule has 52 heavy (non-hydrogen) atoms. The SMILES string of the molecule is Cc1ccc(C(NC(=O)CC[C@H]([NH+]=C(O)CC(C)c2ccc(O)c(O)c2)C(=O)NCc2ccc(O)c(O)c2)(c2ccccc2)c2ccccc2)cc1. The number of carbonyl (C=O) groups is 2. The Labute approximate surface area is 302 Å². The number of aryl methyl sites for hydroxylation is 1. The van der Waals surface area contributed by atoms with Gasteiger partial charge in [0.2, 0.25) is 11.9 Å². The Morgan fingerprint density at radius 1 is 0.712 bits per heavy atom. The molecule has 5 rings (SSSR count). The number of carbonyl (C=O) groups excluding carboxylic acids is 2.